The van der Waals surface area contributed by atoms with Crippen molar-refractivity contribution in [2.45, 2.75) is 19.4 Å². The molecule has 0 unspecified atom stereocenters. The highest BCUT2D eigenvalue weighted by molar-refractivity contribution is 5.07. The molecule has 2 rings (SSSR count). The molecule has 0 bridgehead atoms. The molecule has 3 atom stereocenters. The van der Waals surface area contributed by atoms with Gasteiger partial charge in [0.25, 0.3) is 0 Å². The lowest BCUT2D eigenvalue weighted by Gasteiger charge is -2.46. The van der Waals surface area contributed by atoms with Crippen molar-refractivity contribution in [3.63, 3.8) is 0 Å². The zero-order valence-electron chi connectivity index (χ0n) is 5.85. The molecule has 1 saturated carbocycles. The Bertz CT molecular complexity index is 135. The number of hydrogen-bond acceptors (Lipinski definition) is 2. The van der Waals surface area contributed by atoms with Crippen molar-refractivity contribution in [2.24, 2.45) is 17.1 Å². The normalized spacial score (nSPS) is 56.7. The Kier molecular flexibility index (Phi) is 0.945. The summed E-state index contributed by atoms with van der Waals surface area (Å²) in [5, 5.41) is 3.38. The smallest absolute Gasteiger partial charge is 0.00907 e. The van der Waals surface area contributed by atoms with E-state index in [1.807, 2.05) is 0 Å². The molecule has 1 aliphatic heterocycles. The van der Waals surface area contributed by atoms with E-state index in [0.29, 0.717) is 11.5 Å². The van der Waals surface area contributed by atoms with Crippen molar-refractivity contribution in [1.29, 1.82) is 0 Å². The maximum atomic E-state index is 5.81. The highest BCUT2D eigenvalue weighted by Gasteiger charge is 2.51. The quantitative estimate of drug-likeness (QED) is 0.477. The van der Waals surface area contributed by atoms with Gasteiger partial charge in [0.05, 0.1) is 0 Å². The fraction of sp³-hybridized carbons (Fsp3) is 1.00. The Labute approximate surface area is 55.8 Å². The summed E-state index contributed by atoms with van der Waals surface area (Å²) < 4.78 is 0. The van der Waals surface area contributed by atoms with Crippen LogP contribution in [-0.2, 0) is 0 Å². The molecule has 0 aromatic carbocycles. The number of hydrogen-bond donors (Lipinski definition) is 2. The number of fused-ring (bicyclic) bond motifs is 1. The third kappa shape index (κ3) is 0.578. The molecule has 0 radical (unpaired) electrons. The molecule has 1 aliphatic carbocycles. The Balaban J connectivity index is 2.13. The molecule has 1 heterocycles. The van der Waals surface area contributed by atoms with E-state index in [2.05, 4.69) is 12.2 Å². The van der Waals surface area contributed by atoms with E-state index in [-0.39, 0.29) is 0 Å². The van der Waals surface area contributed by atoms with Gasteiger partial charge in [-0.1, -0.05) is 6.92 Å². The van der Waals surface area contributed by atoms with Gasteiger partial charge < -0.3 is 11.1 Å². The Morgan fingerprint density at radius 3 is 2.89 bits per heavy atom. The van der Waals surface area contributed by atoms with Crippen LogP contribution in [0.2, 0.25) is 0 Å². The van der Waals surface area contributed by atoms with Gasteiger partial charge in [-0.2, -0.15) is 0 Å². The number of nitrogens with two attached hydrogens (primary N) is 1. The zero-order chi connectivity index (χ0) is 6.48. The van der Waals surface area contributed by atoms with Crippen molar-refractivity contribution in [3.05, 3.63) is 0 Å². The average Bonchev–Trinajstić information content (AvgIpc) is 2.06. The molecule has 0 spiro atoms. The van der Waals surface area contributed by atoms with E-state index in [1.54, 1.807) is 0 Å². The van der Waals surface area contributed by atoms with Crippen molar-refractivity contribution >= 4 is 0 Å². The van der Waals surface area contributed by atoms with Gasteiger partial charge >= 0.3 is 0 Å². The summed E-state index contributed by atoms with van der Waals surface area (Å²) in [7, 11) is 0. The van der Waals surface area contributed by atoms with Gasteiger partial charge in [-0.05, 0) is 17.8 Å². The summed E-state index contributed by atoms with van der Waals surface area (Å²) in [4.78, 5) is 0. The van der Waals surface area contributed by atoms with E-state index < -0.39 is 0 Å². The first kappa shape index (κ1) is 5.69. The molecule has 9 heavy (non-hydrogen) atoms. The van der Waals surface area contributed by atoms with Crippen molar-refractivity contribution in [3.8, 4) is 0 Å². The number of nitrogens with one attached hydrogen (secondary N) is 1. The van der Waals surface area contributed by atoms with Gasteiger partial charge in [0.2, 0.25) is 0 Å². The second-order valence-corrected chi connectivity index (χ2v) is 3.76. The minimum Gasteiger partial charge on any atom is -0.327 e. The molecular weight excluding hydrogens is 112 g/mol. The van der Waals surface area contributed by atoms with E-state index in [9.17, 15) is 0 Å². The maximum Gasteiger partial charge on any atom is 0.00907 e. The summed E-state index contributed by atoms with van der Waals surface area (Å²) in [6, 6.07) is 0.491. The molecule has 1 saturated heterocycles. The molecule has 2 nitrogen and oxygen atoms in total. The Hall–Kier alpha value is -0.0800. The predicted molar refractivity (Wildman–Crippen MR) is 37.1 cm³/mol. The van der Waals surface area contributed by atoms with Gasteiger partial charge in [0.1, 0.15) is 0 Å². The van der Waals surface area contributed by atoms with Crippen LogP contribution in [0.5, 0.6) is 0 Å². The van der Waals surface area contributed by atoms with Crippen LogP contribution in [0.25, 0.3) is 0 Å². The summed E-state index contributed by atoms with van der Waals surface area (Å²) in [5.74, 6) is 0.775. The first-order valence-corrected chi connectivity index (χ1v) is 3.69. The van der Waals surface area contributed by atoms with Crippen LogP contribution in [-0.4, -0.2) is 19.1 Å². The minimum atomic E-state index is 0.491. The van der Waals surface area contributed by atoms with Crippen molar-refractivity contribution in [2.75, 3.05) is 13.1 Å². The van der Waals surface area contributed by atoms with Gasteiger partial charge in [-0.25, -0.2) is 0 Å². The SMILES string of the molecule is C[C@@]12CNC[C@@H]1[C@H](N)C2. The lowest BCUT2D eigenvalue weighted by atomic mass is 9.60. The molecule has 52 valence electrons. The topological polar surface area (TPSA) is 38.0 Å². The van der Waals surface area contributed by atoms with Crippen LogP contribution in [0.15, 0.2) is 0 Å². The van der Waals surface area contributed by atoms with Gasteiger partial charge in [-0.15, -0.1) is 0 Å². The second-order valence-electron chi connectivity index (χ2n) is 3.76. The molecule has 2 heteroatoms. The Morgan fingerprint density at radius 1 is 1.67 bits per heavy atom. The average molecular weight is 126 g/mol. The van der Waals surface area contributed by atoms with E-state index in [1.165, 1.54) is 13.0 Å². The predicted octanol–water partition coefficient (Wildman–Crippen LogP) is -0.0569. The third-order valence-electron chi connectivity index (χ3n) is 3.01. The fourth-order valence-corrected chi connectivity index (χ4v) is 2.30. The Morgan fingerprint density at radius 2 is 2.44 bits per heavy atom. The highest BCUT2D eigenvalue weighted by Crippen LogP contribution is 2.47. The van der Waals surface area contributed by atoms with Crippen LogP contribution in [0.3, 0.4) is 0 Å². The van der Waals surface area contributed by atoms with Gasteiger partial charge in [0, 0.05) is 19.1 Å². The van der Waals surface area contributed by atoms with Crippen LogP contribution < -0.4 is 11.1 Å². The van der Waals surface area contributed by atoms with Crippen molar-refractivity contribution < 1.29 is 0 Å². The maximum absolute atomic E-state index is 5.81. The molecule has 2 fully saturated rings. The molecule has 3 N–H and O–H groups in total. The van der Waals surface area contributed by atoms with E-state index >= 15 is 0 Å². The van der Waals surface area contributed by atoms with Gasteiger partial charge in [-0.3, -0.25) is 0 Å². The monoisotopic (exact) mass is 126 g/mol. The summed E-state index contributed by atoms with van der Waals surface area (Å²) >= 11 is 0. The molecular formula is C7H14N2. The number of rotatable bonds is 0. The van der Waals surface area contributed by atoms with Crippen LogP contribution >= 0.6 is 0 Å². The summed E-state index contributed by atoms with van der Waals surface area (Å²) in [6.45, 7) is 4.67. The lowest BCUT2D eigenvalue weighted by Crippen LogP contribution is -2.53. The van der Waals surface area contributed by atoms with Gasteiger partial charge in [0.15, 0.2) is 0 Å². The zero-order valence-corrected chi connectivity index (χ0v) is 5.85. The molecule has 0 aromatic heterocycles. The molecule has 0 aromatic rings. The minimum absolute atomic E-state index is 0.491. The summed E-state index contributed by atoms with van der Waals surface area (Å²) in [5.41, 5.74) is 6.38. The van der Waals surface area contributed by atoms with E-state index in [4.69, 9.17) is 5.73 Å². The molecule has 2 aliphatic rings. The van der Waals surface area contributed by atoms with E-state index in [0.717, 1.165) is 12.5 Å². The lowest BCUT2D eigenvalue weighted by molar-refractivity contribution is 0.0770. The van der Waals surface area contributed by atoms with Crippen LogP contribution in [0.1, 0.15) is 13.3 Å². The largest absolute Gasteiger partial charge is 0.327 e. The third-order valence-corrected chi connectivity index (χ3v) is 3.01. The van der Waals surface area contributed by atoms with Crippen LogP contribution in [0, 0.1) is 11.3 Å². The fourth-order valence-electron chi connectivity index (χ4n) is 2.30. The van der Waals surface area contributed by atoms with Crippen LogP contribution in [0.4, 0.5) is 0 Å². The standard InChI is InChI=1S/C7H14N2/c1-7-2-6(8)5(7)3-9-4-7/h5-6,9H,2-4,8H2,1H3/t5-,6-,7-/m1/s1. The first-order valence-electron chi connectivity index (χ1n) is 3.69. The van der Waals surface area contributed by atoms with Crippen molar-refractivity contribution in [1.82, 2.24) is 5.32 Å². The highest BCUT2D eigenvalue weighted by atomic mass is 15.0. The summed E-state index contributed by atoms with van der Waals surface area (Å²) in [6.07, 6.45) is 1.23. The first-order chi connectivity index (χ1) is 4.22. The second kappa shape index (κ2) is 1.50. The molecule has 0 amide bonds.